The molecule has 0 radical (unpaired) electrons. The van der Waals surface area contributed by atoms with Gasteiger partial charge in [-0.05, 0) is 31.6 Å². The van der Waals surface area contributed by atoms with Crippen molar-refractivity contribution in [1.82, 2.24) is 0 Å². The Hall–Kier alpha value is -0.740. The van der Waals surface area contributed by atoms with E-state index in [0.717, 1.165) is 5.92 Å². The normalized spacial score (nSPS) is 39.3. The minimum atomic E-state index is -0.465. The van der Waals surface area contributed by atoms with Gasteiger partial charge in [-0.1, -0.05) is 24.0 Å². The number of hydrogen-bond donors (Lipinski definition) is 1. The van der Waals surface area contributed by atoms with E-state index in [2.05, 4.69) is 24.0 Å². The van der Waals surface area contributed by atoms with Gasteiger partial charge >= 0.3 is 0 Å². The summed E-state index contributed by atoms with van der Waals surface area (Å²) in [6.45, 7) is 1.72. The summed E-state index contributed by atoms with van der Waals surface area (Å²) in [5, 5.41) is 8.99. The number of hydrogen-bond acceptors (Lipinski definition) is 1. The molecular formula is C11H14O. The van der Waals surface area contributed by atoms with Gasteiger partial charge in [-0.3, -0.25) is 0 Å². The Balaban J connectivity index is 2.01. The molecule has 2 aliphatic rings. The summed E-state index contributed by atoms with van der Waals surface area (Å²) in [5.41, 5.74) is 0. The predicted molar refractivity (Wildman–Crippen MR) is 48.3 cm³/mol. The van der Waals surface area contributed by atoms with Gasteiger partial charge in [-0.15, -0.1) is 0 Å². The first-order valence-electron chi connectivity index (χ1n) is 4.63. The maximum Gasteiger partial charge on any atom is 0.111 e. The first-order valence-corrected chi connectivity index (χ1v) is 4.63. The minimum absolute atomic E-state index is 0.465. The Morgan fingerprint density at radius 2 is 2.25 bits per heavy atom. The summed E-state index contributed by atoms with van der Waals surface area (Å²) in [7, 11) is 0. The molecule has 0 amide bonds. The molecule has 1 heteroatoms. The Bertz CT molecular complexity index is 254. The molecule has 1 nitrogen and oxygen atoms in total. The van der Waals surface area contributed by atoms with Crippen LogP contribution >= 0.6 is 0 Å². The maximum atomic E-state index is 8.99. The Kier molecular flexibility index (Phi) is 1.94. The molecule has 0 aromatic carbocycles. The molecule has 1 saturated carbocycles. The van der Waals surface area contributed by atoms with Crippen LogP contribution in [0.5, 0.6) is 0 Å². The number of fused-ring (bicyclic) bond motifs is 2. The lowest BCUT2D eigenvalue weighted by molar-refractivity contribution is 0.253. The quantitative estimate of drug-likeness (QED) is 0.423. The highest BCUT2D eigenvalue weighted by atomic mass is 16.3. The highest BCUT2D eigenvalue weighted by Crippen LogP contribution is 2.42. The van der Waals surface area contributed by atoms with Gasteiger partial charge in [-0.2, -0.15) is 0 Å². The smallest absolute Gasteiger partial charge is 0.111 e. The van der Waals surface area contributed by atoms with Crippen molar-refractivity contribution in [3.05, 3.63) is 12.2 Å². The topological polar surface area (TPSA) is 20.2 Å². The molecule has 1 N–H and O–H groups in total. The first-order chi connectivity index (χ1) is 5.75. The molecule has 0 aromatic rings. The van der Waals surface area contributed by atoms with Crippen molar-refractivity contribution >= 4 is 0 Å². The monoisotopic (exact) mass is 162 g/mol. The molecule has 2 aliphatic carbocycles. The Morgan fingerprint density at radius 3 is 2.75 bits per heavy atom. The van der Waals surface area contributed by atoms with E-state index in [1.54, 1.807) is 6.92 Å². The van der Waals surface area contributed by atoms with Crippen molar-refractivity contribution in [3.63, 3.8) is 0 Å². The third-order valence-corrected chi connectivity index (χ3v) is 2.76. The lowest BCUT2D eigenvalue weighted by atomic mass is 9.94. The molecule has 12 heavy (non-hydrogen) atoms. The zero-order chi connectivity index (χ0) is 8.55. The van der Waals surface area contributed by atoms with Crippen LogP contribution < -0.4 is 0 Å². The van der Waals surface area contributed by atoms with Gasteiger partial charge < -0.3 is 5.11 Å². The largest absolute Gasteiger partial charge is 0.381 e. The highest BCUT2D eigenvalue weighted by Gasteiger charge is 2.34. The summed E-state index contributed by atoms with van der Waals surface area (Å²) in [5.74, 6) is 7.99. The molecular weight excluding hydrogens is 148 g/mol. The van der Waals surface area contributed by atoms with E-state index in [0.29, 0.717) is 11.8 Å². The second-order valence-corrected chi connectivity index (χ2v) is 3.85. The molecule has 0 saturated heterocycles. The molecule has 0 aromatic heterocycles. The fraction of sp³-hybridized carbons (Fsp3) is 0.636. The van der Waals surface area contributed by atoms with E-state index in [1.165, 1.54) is 12.8 Å². The Labute approximate surface area is 73.5 Å². The van der Waals surface area contributed by atoms with Gasteiger partial charge in [0.2, 0.25) is 0 Å². The van der Waals surface area contributed by atoms with E-state index in [4.69, 9.17) is 5.11 Å². The number of aliphatic hydroxyl groups is 1. The molecule has 0 heterocycles. The molecule has 4 atom stereocenters. The number of allylic oxidation sites excluding steroid dienone is 2. The lowest BCUT2D eigenvalue weighted by Crippen LogP contribution is -2.05. The summed E-state index contributed by atoms with van der Waals surface area (Å²) in [6.07, 6.45) is 6.63. The lowest BCUT2D eigenvalue weighted by Gasteiger charge is -2.10. The average Bonchev–Trinajstić information content (AvgIpc) is 2.60. The van der Waals surface area contributed by atoms with Crippen molar-refractivity contribution in [3.8, 4) is 11.8 Å². The summed E-state index contributed by atoms with van der Waals surface area (Å²) < 4.78 is 0. The molecule has 0 aliphatic heterocycles. The van der Waals surface area contributed by atoms with Gasteiger partial charge in [0.15, 0.2) is 0 Å². The second-order valence-electron chi connectivity index (χ2n) is 3.85. The van der Waals surface area contributed by atoms with Crippen LogP contribution in [0.4, 0.5) is 0 Å². The van der Waals surface area contributed by atoms with Gasteiger partial charge in [0.25, 0.3) is 0 Å². The zero-order valence-electron chi connectivity index (χ0n) is 7.33. The fourth-order valence-electron chi connectivity index (χ4n) is 2.17. The SMILES string of the molecule is CC(O)C#CC1CC2C=CC1C2. The van der Waals surface area contributed by atoms with E-state index in [1.807, 2.05) is 0 Å². The highest BCUT2D eigenvalue weighted by molar-refractivity contribution is 5.19. The predicted octanol–water partition coefficient (Wildman–Crippen LogP) is 1.58. The van der Waals surface area contributed by atoms with Crippen molar-refractivity contribution in [1.29, 1.82) is 0 Å². The van der Waals surface area contributed by atoms with Crippen LogP contribution in [0.15, 0.2) is 12.2 Å². The van der Waals surface area contributed by atoms with Crippen LogP contribution in [0.25, 0.3) is 0 Å². The van der Waals surface area contributed by atoms with Crippen LogP contribution in [0.1, 0.15) is 19.8 Å². The standard InChI is InChI=1S/C11H14O/c1-8(12)2-4-10-6-9-3-5-11(10)7-9/h3,5,8-12H,6-7H2,1H3. The summed E-state index contributed by atoms with van der Waals surface area (Å²) in [4.78, 5) is 0. The molecule has 2 rings (SSSR count). The fourth-order valence-corrected chi connectivity index (χ4v) is 2.17. The van der Waals surface area contributed by atoms with E-state index in [-0.39, 0.29) is 0 Å². The van der Waals surface area contributed by atoms with Crippen molar-refractivity contribution < 1.29 is 5.11 Å². The molecule has 1 fully saturated rings. The molecule has 4 unspecified atom stereocenters. The van der Waals surface area contributed by atoms with Crippen molar-refractivity contribution in [2.24, 2.45) is 17.8 Å². The summed E-state index contributed by atoms with van der Waals surface area (Å²) >= 11 is 0. The van der Waals surface area contributed by atoms with Crippen LogP contribution in [-0.2, 0) is 0 Å². The third-order valence-electron chi connectivity index (χ3n) is 2.76. The Morgan fingerprint density at radius 1 is 1.42 bits per heavy atom. The summed E-state index contributed by atoms with van der Waals surface area (Å²) in [6, 6.07) is 0. The van der Waals surface area contributed by atoms with Gasteiger partial charge in [-0.25, -0.2) is 0 Å². The van der Waals surface area contributed by atoms with Crippen LogP contribution in [-0.4, -0.2) is 11.2 Å². The van der Waals surface area contributed by atoms with E-state index < -0.39 is 6.10 Å². The van der Waals surface area contributed by atoms with Gasteiger partial charge in [0.05, 0.1) is 0 Å². The zero-order valence-corrected chi connectivity index (χ0v) is 7.33. The molecule has 64 valence electrons. The molecule has 2 bridgehead atoms. The number of rotatable bonds is 0. The van der Waals surface area contributed by atoms with Crippen molar-refractivity contribution in [2.45, 2.75) is 25.9 Å². The van der Waals surface area contributed by atoms with E-state index >= 15 is 0 Å². The van der Waals surface area contributed by atoms with Gasteiger partial charge in [0, 0.05) is 5.92 Å². The van der Waals surface area contributed by atoms with E-state index in [9.17, 15) is 0 Å². The van der Waals surface area contributed by atoms with Crippen LogP contribution in [0.3, 0.4) is 0 Å². The number of aliphatic hydroxyl groups excluding tert-OH is 1. The van der Waals surface area contributed by atoms with Crippen LogP contribution in [0, 0.1) is 29.6 Å². The first kappa shape index (κ1) is 7.89. The second kappa shape index (κ2) is 2.95. The minimum Gasteiger partial charge on any atom is -0.381 e. The molecule has 0 spiro atoms. The van der Waals surface area contributed by atoms with Crippen LogP contribution in [0.2, 0.25) is 0 Å². The van der Waals surface area contributed by atoms with Crippen molar-refractivity contribution in [2.75, 3.05) is 0 Å². The third kappa shape index (κ3) is 1.40. The average molecular weight is 162 g/mol. The van der Waals surface area contributed by atoms with Gasteiger partial charge in [0.1, 0.15) is 6.10 Å². The maximum absolute atomic E-state index is 8.99.